The second kappa shape index (κ2) is 7.69. The van der Waals surface area contributed by atoms with Gasteiger partial charge in [0.1, 0.15) is 6.04 Å². The number of aromatic nitrogens is 1. The summed E-state index contributed by atoms with van der Waals surface area (Å²) in [5, 5.41) is 3.35. The summed E-state index contributed by atoms with van der Waals surface area (Å²) in [6.07, 6.45) is 8.28. The molecule has 2 aromatic rings. The van der Waals surface area contributed by atoms with Gasteiger partial charge in [-0.15, -0.1) is 0 Å². The lowest BCUT2D eigenvalue weighted by atomic mass is 9.78. The topological polar surface area (TPSA) is 34.0 Å². The molecule has 128 valence electrons. The largest absolute Gasteiger partial charge is 0.351 e. The number of benzene rings is 1. The summed E-state index contributed by atoms with van der Waals surface area (Å²) in [6.45, 7) is 4.58. The number of nitrogens with zero attached hydrogens (tertiary/aromatic N) is 1. The maximum Gasteiger partial charge on any atom is 0.243 e. The van der Waals surface area contributed by atoms with E-state index in [9.17, 15) is 4.79 Å². The van der Waals surface area contributed by atoms with Crippen LogP contribution in [-0.2, 0) is 11.2 Å². The molecule has 0 saturated heterocycles. The van der Waals surface area contributed by atoms with Gasteiger partial charge in [-0.05, 0) is 36.0 Å². The van der Waals surface area contributed by atoms with Gasteiger partial charge in [0.2, 0.25) is 5.91 Å². The van der Waals surface area contributed by atoms with Gasteiger partial charge in [-0.1, -0.05) is 57.0 Å². The molecule has 3 rings (SSSR count). The summed E-state index contributed by atoms with van der Waals surface area (Å²) < 4.78 is 2.03. The van der Waals surface area contributed by atoms with Crippen molar-refractivity contribution in [2.75, 3.05) is 0 Å². The third-order valence-electron chi connectivity index (χ3n) is 5.60. The van der Waals surface area contributed by atoms with E-state index in [-0.39, 0.29) is 11.9 Å². The van der Waals surface area contributed by atoms with E-state index in [1.54, 1.807) is 0 Å². The number of nitrogens with one attached hydrogen (secondary N) is 1. The molecule has 0 spiro atoms. The van der Waals surface area contributed by atoms with E-state index in [2.05, 4.69) is 31.3 Å². The molecule has 1 amide bonds. The molecule has 0 radical (unpaired) electrons. The molecule has 1 N–H and O–H groups in total. The van der Waals surface area contributed by atoms with Crippen LogP contribution < -0.4 is 5.32 Å². The van der Waals surface area contributed by atoms with Crippen LogP contribution in [0.2, 0.25) is 0 Å². The van der Waals surface area contributed by atoms with E-state index in [1.807, 2.05) is 47.3 Å². The van der Waals surface area contributed by atoms with Gasteiger partial charge >= 0.3 is 0 Å². The van der Waals surface area contributed by atoms with Crippen LogP contribution in [0.15, 0.2) is 54.9 Å². The lowest BCUT2D eigenvalue weighted by Crippen LogP contribution is -2.46. The van der Waals surface area contributed by atoms with Crippen LogP contribution in [0.4, 0.5) is 0 Å². The van der Waals surface area contributed by atoms with Crippen LogP contribution in [0, 0.1) is 11.8 Å². The Morgan fingerprint density at radius 2 is 1.83 bits per heavy atom. The minimum absolute atomic E-state index is 0.140. The first kappa shape index (κ1) is 16.8. The smallest absolute Gasteiger partial charge is 0.243 e. The number of carbonyl (C=O) groups excluding carboxylic acids is 1. The average molecular weight is 324 g/mol. The standard InChI is InChI=1S/C21H28N2O/c1-16-9-8-12-19(17(16)2)22-21(24)20(23-13-6-7-14-23)15-18-10-4-3-5-11-18/h3-7,10-11,13-14,16-17,19-20H,8-9,12,15H2,1-2H3,(H,22,24)/t16-,17+,19+,20+/m1/s1. The molecule has 1 aromatic heterocycles. The normalized spacial score (nSPS) is 25.2. The fraction of sp³-hybridized carbons (Fsp3) is 0.476. The SMILES string of the molecule is C[C@H]1[C@H](C)CCC[C@@H]1NC(=O)[C@H](Cc1ccccc1)n1cccc1. The number of hydrogen-bond donors (Lipinski definition) is 1. The summed E-state index contributed by atoms with van der Waals surface area (Å²) >= 11 is 0. The van der Waals surface area contributed by atoms with Gasteiger partial charge in [0.05, 0.1) is 0 Å². The van der Waals surface area contributed by atoms with Crippen molar-refractivity contribution in [1.82, 2.24) is 9.88 Å². The van der Waals surface area contributed by atoms with E-state index >= 15 is 0 Å². The van der Waals surface area contributed by atoms with E-state index in [4.69, 9.17) is 0 Å². The van der Waals surface area contributed by atoms with Crippen LogP contribution in [0.3, 0.4) is 0 Å². The molecule has 1 aromatic carbocycles. The predicted molar refractivity (Wildman–Crippen MR) is 97.7 cm³/mol. The van der Waals surface area contributed by atoms with E-state index < -0.39 is 0 Å². The zero-order chi connectivity index (χ0) is 16.9. The van der Waals surface area contributed by atoms with Gasteiger partial charge < -0.3 is 9.88 Å². The van der Waals surface area contributed by atoms with Crippen LogP contribution in [0.25, 0.3) is 0 Å². The lowest BCUT2D eigenvalue weighted by molar-refractivity contribution is -0.125. The number of amides is 1. The molecular weight excluding hydrogens is 296 g/mol. The minimum atomic E-state index is -0.188. The minimum Gasteiger partial charge on any atom is -0.351 e. The van der Waals surface area contributed by atoms with Crippen molar-refractivity contribution in [3.63, 3.8) is 0 Å². The highest BCUT2D eigenvalue weighted by Gasteiger charge is 2.30. The van der Waals surface area contributed by atoms with Crippen LogP contribution in [0.5, 0.6) is 0 Å². The maximum absolute atomic E-state index is 13.0. The van der Waals surface area contributed by atoms with Gasteiger partial charge in [-0.25, -0.2) is 0 Å². The summed E-state index contributed by atoms with van der Waals surface area (Å²) in [5.41, 5.74) is 1.19. The number of carbonyl (C=O) groups is 1. The second-order valence-electron chi connectivity index (χ2n) is 7.22. The highest BCUT2D eigenvalue weighted by atomic mass is 16.2. The Morgan fingerprint density at radius 3 is 2.54 bits per heavy atom. The van der Waals surface area contributed by atoms with Crippen molar-refractivity contribution >= 4 is 5.91 Å². The zero-order valence-corrected chi connectivity index (χ0v) is 14.7. The van der Waals surface area contributed by atoms with Crippen molar-refractivity contribution < 1.29 is 4.79 Å². The molecule has 24 heavy (non-hydrogen) atoms. The molecule has 3 nitrogen and oxygen atoms in total. The van der Waals surface area contributed by atoms with E-state index in [0.29, 0.717) is 17.9 Å². The van der Waals surface area contributed by atoms with Crippen LogP contribution >= 0.6 is 0 Å². The third kappa shape index (κ3) is 3.89. The average Bonchev–Trinajstić information content (AvgIpc) is 3.12. The quantitative estimate of drug-likeness (QED) is 0.878. The Kier molecular flexibility index (Phi) is 5.39. The summed E-state index contributed by atoms with van der Waals surface area (Å²) in [4.78, 5) is 13.0. The van der Waals surface area contributed by atoms with Gasteiger partial charge in [0.15, 0.2) is 0 Å². The summed E-state index contributed by atoms with van der Waals surface area (Å²) in [7, 11) is 0. The van der Waals surface area contributed by atoms with Crippen molar-refractivity contribution in [3.8, 4) is 0 Å². The van der Waals surface area contributed by atoms with Crippen molar-refractivity contribution in [2.45, 2.75) is 51.6 Å². The van der Waals surface area contributed by atoms with Crippen LogP contribution in [-0.4, -0.2) is 16.5 Å². The molecule has 1 fully saturated rings. The molecule has 4 atom stereocenters. The molecule has 1 aliphatic carbocycles. The second-order valence-corrected chi connectivity index (χ2v) is 7.22. The molecule has 1 aliphatic rings. The van der Waals surface area contributed by atoms with Gasteiger partial charge in [0, 0.05) is 24.9 Å². The van der Waals surface area contributed by atoms with Gasteiger partial charge in [-0.3, -0.25) is 4.79 Å². The van der Waals surface area contributed by atoms with Crippen molar-refractivity contribution in [3.05, 3.63) is 60.4 Å². The van der Waals surface area contributed by atoms with Gasteiger partial charge in [-0.2, -0.15) is 0 Å². The van der Waals surface area contributed by atoms with Crippen LogP contribution in [0.1, 0.15) is 44.7 Å². The Labute approximate surface area is 145 Å². The first-order valence-electron chi connectivity index (χ1n) is 9.12. The maximum atomic E-state index is 13.0. The lowest BCUT2D eigenvalue weighted by Gasteiger charge is -2.35. The first-order valence-corrected chi connectivity index (χ1v) is 9.12. The highest BCUT2D eigenvalue weighted by molar-refractivity contribution is 5.81. The third-order valence-corrected chi connectivity index (χ3v) is 5.60. The predicted octanol–water partition coefficient (Wildman–Crippen LogP) is 4.21. The monoisotopic (exact) mass is 324 g/mol. The van der Waals surface area contributed by atoms with Crippen molar-refractivity contribution in [1.29, 1.82) is 0 Å². The van der Waals surface area contributed by atoms with E-state index in [1.165, 1.54) is 18.4 Å². The summed E-state index contributed by atoms with van der Waals surface area (Å²) in [5.74, 6) is 1.37. The Hall–Kier alpha value is -2.03. The molecule has 0 unspecified atom stereocenters. The van der Waals surface area contributed by atoms with Crippen molar-refractivity contribution in [2.24, 2.45) is 11.8 Å². The Morgan fingerprint density at radius 1 is 1.12 bits per heavy atom. The fourth-order valence-electron chi connectivity index (χ4n) is 3.79. The molecule has 0 aliphatic heterocycles. The first-order chi connectivity index (χ1) is 11.6. The highest BCUT2D eigenvalue weighted by Crippen LogP contribution is 2.30. The number of hydrogen-bond acceptors (Lipinski definition) is 1. The molecule has 0 bridgehead atoms. The molecule has 3 heteroatoms. The van der Waals surface area contributed by atoms with Gasteiger partial charge in [0.25, 0.3) is 0 Å². The number of rotatable bonds is 5. The Balaban J connectivity index is 1.74. The zero-order valence-electron chi connectivity index (χ0n) is 14.7. The summed E-state index contributed by atoms with van der Waals surface area (Å²) in [6, 6.07) is 14.3. The molecule has 1 saturated carbocycles. The Bertz CT molecular complexity index is 635. The molecule has 1 heterocycles. The molecular formula is C21H28N2O. The fourth-order valence-corrected chi connectivity index (χ4v) is 3.79. The van der Waals surface area contributed by atoms with E-state index in [0.717, 1.165) is 12.8 Å².